The van der Waals surface area contributed by atoms with Crippen molar-refractivity contribution >= 4 is 34.5 Å². The van der Waals surface area contributed by atoms with Crippen molar-refractivity contribution in [1.29, 1.82) is 5.26 Å². The van der Waals surface area contributed by atoms with Gasteiger partial charge in [0, 0.05) is 37.8 Å². The van der Waals surface area contributed by atoms with Gasteiger partial charge in [-0.1, -0.05) is 30.3 Å². The highest BCUT2D eigenvalue weighted by atomic mass is 16.5. The molecule has 6 rings (SSSR count). The molecule has 2 aliphatic heterocycles. The smallest absolute Gasteiger partial charge is 0.229 e. The number of nitriles is 1. The van der Waals surface area contributed by atoms with Crippen LogP contribution in [0.25, 0.3) is 22.4 Å². The van der Waals surface area contributed by atoms with Crippen LogP contribution in [0.15, 0.2) is 52.9 Å². The largest absolute Gasteiger partial charge is 0.439 e. The van der Waals surface area contributed by atoms with Gasteiger partial charge in [0.1, 0.15) is 29.0 Å². The first-order chi connectivity index (χ1) is 18.6. The van der Waals surface area contributed by atoms with E-state index in [1.165, 1.54) is 0 Å². The summed E-state index contributed by atoms with van der Waals surface area (Å²) in [6.07, 6.45) is 0.154. The van der Waals surface area contributed by atoms with Gasteiger partial charge in [0.2, 0.25) is 11.8 Å². The number of nitrogens with zero attached hydrogens (tertiary/aromatic N) is 6. The molecule has 2 atom stereocenters. The van der Waals surface area contributed by atoms with E-state index in [1.807, 2.05) is 42.5 Å². The number of hydrogen-bond acceptors (Lipinski definition) is 10. The zero-order chi connectivity index (χ0) is 26.1. The number of benzene rings is 1. The van der Waals surface area contributed by atoms with Crippen molar-refractivity contribution in [3.8, 4) is 17.4 Å². The molecule has 38 heavy (non-hydrogen) atoms. The third-order valence-electron chi connectivity index (χ3n) is 6.69. The minimum atomic E-state index is 0.0769. The van der Waals surface area contributed by atoms with Gasteiger partial charge in [0.25, 0.3) is 0 Å². The van der Waals surface area contributed by atoms with Gasteiger partial charge < -0.3 is 29.0 Å². The molecule has 4 aromatic rings. The molecule has 2 aliphatic rings. The van der Waals surface area contributed by atoms with Crippen LogP contribution in [0, 0.1) is 11.3 Å². The first-order valence-electron chi connectivity index (χ1n) is 12.9. The van der Waals surface area contributed by atoms with Gasteiger partial charge in [0.15, 0.2) is 5.65 Å². The van der Waals surface area contributed by atoms with E-state index in [2.05, 4.69) is 35.0 Å². The van der Waals surface area contributed by atoms with Crippen molar-refractivity contribution in [3.05, 3.63) is 54.1 Å². The molecule has 0 aliphatic carbocycles. The van der Waals surface area contributed by atoms with Crippen molar-refractivity contribution < 1.29 is 13.9 Å². The fraction of sp³-hybridized carbons (Fsp3) is 0.357. The highest BCUT2D eigenvalue weighted by Crippen LogP contribution is 2.32. The van der Waals surface area contributed by atoms with Gasteiger partial charge >= 0.3 is 0 Å². The summed E-state index contributed by atoms with van der Waals surface area (Å²) in [7, 11) is 0. The van der Waals surface area contributed by atoms with E-state index >= 15 is 0 Å². The SMILES string of the molecule is CC1CN(c2nc(N3CCOCC3)c3ccc(Nc4oc(-c5ccccc5)cc4C#N)nc3n2)CC(C)O1. The Hall–Kier alpha value is -4.20. The Labute approximate surface area is 220 Å². The number of rotatable bonds is 5. The van der Waals surface area contributed by atoms with Gasteiger partial charge in [-0.25, -0.2) is 4.98 Å². The minimum absolute atomic E-state index is 0.0769. The van der Waals surface area contributed by atoms with Crippen LogP contribution in [-0.4, -0.2) is 66.6 Å². The van der Waals surface area contributed by atoms with E-state index in [1.54, 1.807) is 6.07 Å². The second kappa shape index (κ2) is 10.3. The van der Waals surface area contributed by atoms with Crippen LogP contribution < -0.4 is 15.1 Å². The van der Waals surface area contributed by atoms with E-state index in [4.69, 9.17) is 28.8 Å². The van der Waals surface area contributed by atoms with Crippen LogP contribution in [0.1, 0.15) is 19.4 Å². The lowest BCUT2D eigenvalue weighted by molar-refractivity contribution is -0.00570. The maximum atomic E-state index is 9.71. The molecule has 0 bridgehead atoms. The van der Waals surface area contributed by atoms with Crippen LogP contribution in [0.3, 0.4) is 0 Å². The van der Waals surface area contributed by atoms with Crippen LogP contribution >= 0.6 is 0 Å². The summed E-state index contributed by atoms with van der Waals surface area (Å²) in [5.74, 6) is 2.97. The number of aromatic nitrogens is 3. The molecule has 0 amide bonds. The number of pyridine rings is 1. The summed E-state index contributed by atoms with van der Waals surface area (Å²) >= 11 is 0. The lowest BCUT2D eigenvalue weighted by Crippen LogP contribution is -2.46. The fourth-order valence-corrected chi connectivity index (χ4v) is 4.98. The summed E-state index contributed by atoms with van der Waals surface area (Å²) < 4.78 is 17.5. The average Bonchev–Trinajstić information content (AvgIpc) is 3.35. The van der Waals surface area contributed by atoms with Crippen LogP contribution in [0.5, 0.6) is 0 Å². The monoisotopic (exact) mass is 511 g/mol. The van der Waals surface area contributed by atoms with E-state index < -0.39 is 0 Å². The number of furan rings is 1. The van der Waals surface area contributed by atoms with E-state index in [-0.39, 0.29) is 12.2 Å². The molecule has 2 fully saturated rings. The Kier molecular flexibility index (Phi) is 6.54. The quantitative estimate of drug-likeness (QED) is 0.415. The zero-order valence-corrected chi connectivity index (χ0v) is 21.4. The minimum Gasteiger partial charge on any atom is -0.439 e. The Balaban J connectivity index is 1.38. The van der Waals surface area contributed by atoms with Gasteiger partial charge in [-0.3, -0.25) is 0 Å². The van der Waals surface area contributed by atoms with Crippen LogP contribution in [-0.2, 0) is 9.47 Å². The molecule has 3 aromatic heterocycles. The lowest BCUT2D eigenvalue weighted by atomic mass is 10.1. The number of morpholine rings is 2. The third kappa shape index (κ3) is 4.86. The molecule has 10 heteroatoms. The molecule has 1 N–H and O–H groups in total. The lowest BCUT2D eigenvalue weighted by Gasteiger charge is -2.36. The summed E-state index contributed by atoms with van der Waals surface area (Å²) in [4.78, 5) is 19.1. The highest BCUT2D eigenvalue weighted by molar-refractivity contribution is 5.89. The van der Waals surface area contributed by atoms with E-state index in [0.717, 1.165) is 29.9 Å². The molecule has 2 saturated heterocycles. The number of fused-ring (bicyclic) bond motifs is 1. The predicted molar refractivity (Wildman–Crippen MR) is 145 cm³/mol. The molecule has 5 heterocycles. The summed E-state index contributed by atoms with van der Waals surface area (Å²) in [5.41, 5.74) is 1.87. The summed E-state index contributed by atoms with van der Waals surface area (Å²) in [6, 6.07) is 17.5. The molecule has 0 spiro atoms. The molecule has 194 valence electrons. The summed E-state index contributed by atoms with van der Waals surface area (Å²) in [6.45, 7) is 8.34. The first-order valence-corrected chi connectivity index (χ1v) is 12.9. The molecule has 10 nitrogen and oxygen atoms in total. The van der Waals surface area contributed by atoms with Crippen molar-refractivity contribution in [2.75, 3.05) is 54.5 Å². The Bertz CT molecular complexity index is 1470. The molecule has 2 unspecified atom stereocenters. The van der Waals surface area contributed by atoms with Gasteiger partial charge in [0.05, 0.1) is 30.8 Å². The van der Waals surface area contributed by atoms with Gasteiger partial charge in [-0.05, 0) is 26.0 Å². The second-order valence-corrected chi connectivity index (χ2v) is 9.63. The number of anilines is 4. The van der Waals surface area contributed by atoms with Gasteiger partial charge in [-0.2, -0.15) is 15.2 Å². The first kappa shape index (κ1) is 24.2. The maximum Gasteiger partial charge on any atom is 0.229 e. The molecular weight excluding hydrogens is 482 g/mol. The zero-order valence-electron chi connectivity index (χ0n) is 21.4. The van der Waals surface area contributed by atoms with Crippen molar-refractivity contribution in [2.45, 2.75) is 26.1 Å². The highest BCUT2D eigenvalue weighted by Gasteiger charge is 2.27. The number of hydrogen-bond donors (Lipinski definition) is 1. The van der Waals surface area contributed by atoms with Crippen LogP contribution in [0.4, 0.5) is 23.5 Å². The van der Waals surface area contributed by atoms with Gasteiger partial charge in [-0.15, -0.1) is 0 Å². The standard InChI is InChI=1S/C28H29N7O3/c1-18-16-35(17-19(2)37-18)28-32-25-22(26(33-28)34-10-12-36-13-11-34)8-9-24(30-25)31-27-21(15-29)14-23(38-27)20-6-4-3-5-7-20/h3-9,14,18-19H,10-13,16-17H2,1-2H3,(H,30,31,32,33). The second-order valence-electron chi connectivity index (χ2n) is 9.63. The fourth-order valence-electron chi connectivity index (χ4n) is 4.98. The van der Waals surface area contributed by atoms with Crippen molar-refractivity contribution in [1.82, 2.24) is 15.0 Å². The number of ether oxygens (including phenoxy) is 2. The Morgan fingerprint density at radius 2 is 1.71 bits per heavy atom. The van der Waals surface area contributed by atoms with E-state index in [9.17, 15) is 5.26 Å². The predicted octanol–water partition coefficient (Wildman–Crippen LogP) is 4.35. The Morgan fingerprint density at radius 3 is 2.45 bits per heavy atom. The molecular formula is C28H29N7O3. The number of nitrogens with one attached hydrogen (secondary N) is 1. The molecule has 1 aromatic carbocycles. The van der Waals surface area contributed by atoms with Crippen molar-refractivity contribution in [3.63, 3.8) is 0 Å². The van der Waals surface area contributed by atoms with E-state index in [0.29, 0.717) is 60.9 Å². The normalized spacial score (nSPS) is 19.9. The molecule has 0 saturated carbocycles. The molecule has 0 radical (unpaired) electrons. The summed E-state index contributed by atoms with van der Waals surface area (Å²) in [5, 5.41) is 13.8. The topological polar surface area (TPSA) is 113 Å². The third-order valence-corrected chi connectivity index (χ3v) is 6.69. The Morgan fingerprint density at radius 1 is 0.947 bits per heavy atom. The average molecular weight is 512 g/mol. The maximum absolute atomic E-state index is 9.71. The van der Waals surface area contributed by atoms with Crippen LogP contribution in [0.2, 0.25) is 0 Å². The van der Waals surface area contributed by atoms with Crippen molar-refractivity contribution in [2.24, 2.45) is 0 Å².